The maximum atomic E-state index is 12.4. The first-order chi connectivity index (χ1) is 11.0. The largest absolute Gasteiger partial charge is 0.345 e. The number of carbonyl (C=O) groups is 1. The van der Waals surface area contributed by atoms with Gasteiger partial charge in [0.2, 0.25) is 5.91 Å². The summed E-state index contributed by atoms with van der Waals surface area (Å²) in [6.45, 7) is 8.08. The van der Waals surface area contributed by atoms with Gasteiger partial charge in [-0.3, -0.25) is 4.79 Å². The number of aromatic nitrogens is 1. The number of halogens is 1. The van der Waals surface area contributed by atoms with Gasteiger partial charge < -0.3 is 9.47 Å². The van der Waals surface area contributed by atoms with E-state index in [1.165, 1.54) is 5.56 Å². The summed E-state index contributed by atoms with van der Waals surface area (Å²) in [7, 11) is 0. The lowest BCUT2D eigenvalue weighted by Gasteiger charge is -2.26. The van der Waals surface area contributed by atoms with Crippen LogP contribution in [0.1, 0.15) is 32.0 Å². The molecule has 2 rings (SSSR count). The van der Waals surface area contributed by atoms with Gasteiger partial charge in [0.15, 0.2) is 0 Å². The van der Waals surface area contributed by atoms with Crippen molar-refractivity contribution in [2.24, 2.45) is 5.92 Å². The summed E-state index contributed by atoms with van der Waals surface area (Å²) in [5.41, 5.74) is 2.37. The van der Waals surface area contributed by atoms with Crippen molar-refractivity contribution in [3.63, 3.8) is 0 Å². The van der Waals surface area contributed by atoms with Crippen LogP contribution >= 0.6 is 11.6 Å². The normalized spacial score (nSPS) is 12.4. The Kier molecular flexibility index (Phi) is 6.28. The molecule has 0 saturated carbocycles. The number of hydrogen-bond acceptors (Lipinski definition) is 1. The first kappa shape index (κ1) is 17.6. The summed E-state index contributed by atoms with van der Waals surface area (Å²) < 4.78 is 2.19. The van der Waals surface area contributed by atoms with Crippen molar-refractivity contribution in [3.05, 3.63) is 59.9 Å². The van der Waals surface area contributed by atoms with E-state index in [1.807, 2.05) is 29.2 Å². The smallest absolute Gasteiger partial charge is 0.240 e. The molecule has 2 aromatic rings. The lowest BCUT2D eigenvalue weighted by atomic mass is 10.2. The number of carbonyl (C=O) groups excluding carboxylic acids is 1. The highest BCUT2D eigenvalue weighted by atomic mass is 35.5. The fourth-order valence-electron chi connectivity index (χ4n) is 2.65. The minimum absolute atomic E-state index is 0.00664. The van der Waals surface area contributed by atoms with Crippen molar-refractivity contribution in [2.45, 2.75) is 39.2 Å². The van der Waals surface area contributed by atoms with E-state index in [-0.39, 0.29) is 5.91 Å². The molecule has 0 aliphatic rings. The Balaban J connectivity index is 2.14. The quantitative estimate of drug-likeness (QED) is 0.699. The second-order valence-electron chi connectivity index (χ2n) is 6.34. The van der Waals surface area contributed by atoms with Crippen LogP contribution in [-0.4, -0.2) is 27.3 Å². The molecule has 0 unspecified atom stereocenters. The van der Waals surface area contributed by atoms with Crippen LogP contribution in [0.5, 0.6) is 0 Å². The maximum absolute atomic E-state index is 12.4. The van der Waals surface area contributed by atoms with E-state index in [4.69, 9.17) is 11.6 Å². The van der Waals surface area contributed by atoms with E-state index < -0.39 is 5.38 Å². The van der Waals surface area contributed by atoms with E-state index in [1.54, 1.807) is 6.92 Å². The summed E-state index contributed by atoms with van der Waals surface area (Å²) in [5, 5.41) is -0.494. The average Bonchev–Trinajstić information content (AvgIpc) is 2.93. The number of rotatable bonds is 7. The predicted octanol–water partition coefficient (Wildman–Crippen LogP) is 4.15. The van der Waals surface area contributed by atoms with E-state index in [0.717, 1.165) is 12.2 Å². The molecule has 0 fully saturated rings. The van der Waals surface area contributed by atoms with Crippen LogP contribution in [0.2, 0.25) is 0 Å². The minimum Gasteiger partial charge on any atom is -0.345 e. The van der Waals surface area contributed by atoms with Crippen molar-refractivity contribution >= 4 is 17.5 Å². The van der Waals surface area contributed by atoms with Crippen molar-refractivity contribution in [2.75, 3.05) is 6.54 Å². The van der Waals surface area contributed by atoms with E-state index >= 15 is 0 Å². The highest BCUT2D eigenvalue weighted by molar-refractivity contribution is 6.30. The van der Waals surface area contributed by atoms with Crippen LogP contribution in [-0.2, 0) is 17.9 Å². The molecule has 3 nitrogen and oxygen atoms in total. The van der Waals surface area contributed by atoms with E-state index in [0.29, 0.717) is 19.0 Å². The van der Waals surface area contributed by atoms with Crippen LogP contribution in [0.25, 0.3) is 0 Å². The Morgan fingerprint density at radius 3 is 2.43 bits per heavy atom. The van der Waals surface area contributed by atoms with Gasteiger partial charge in [-0.1, -0.05) is 44.2 Å². The molecule has 0 bridgehead atoms. The molecule has 0 radical (unpaired) electrons. The van der Waals surface area contributed by atoms with Crippen LogP contribution in [0.15, 0.2) is 48.7 Å². The topological polar surface area (TPSA) is 25.2 Å². The fourth-order valence-corrected chi connectivity index (χ4v) is 2.79. The number of benzene rings is 1. The highest BCUT2D eigenvalue weighted by Crippen LogP contribution is 2.14. The van der Waals surface area contributed by atoms with Gasteiger partial charge in [-0.05, 0) is 30.5 Å². The predicted molar refractivity (Wildman–Crippen MR) is 95.5 cm³/mol. The monoisotopic (exact) mass is 332 g/mol. The molecule has 0 spiro atoms. The standard InChI is InChI=1S/C19H25ClN2O/c1-15(2)12-22(19(23)16(3)20)14-18-10-7-11-21(18)13-17-8-5-4-6-9-17/h4-11,15-16H,12-14H2,1-3H3/t16-/m0/s1. The van der Waals surface area contributed by atoms with E-state index in [9.17, 15) is 4.79 Å². The molecule has 1 aromatic carbocycles. The summed E-state index contributed by atoms with van der Waals surface area (Å²) in [5.74, 6) is 0.403. The molecule has 1 heterocycles. The second-order valence-corrected chi connectivity index (χ2v) is 7.00. The van der Waals surface area contributed by atoms with E-state index in [2.05, 4.69) is 42.8 Å². The number of amides is 1. The van der Waals surface area contributed by atoms with Crippen molar-refractivity contribution < 1.29 is 4.79 Å². The third kappa shape index (κ3) is 5.14. The van der Waals surface area contributed by atoms with Crippen LogP contribution < -0.4 is 0 Å². The third-order valence-electron chi connectivity index (χ3n) is 3.71. The third-order valence-corrected chi connectivity index (χ3v) is 3.90. The Hall–Kier alpha value is -1.74. The zero-order valence-corrected chi connectivity index (χ0v) is 14.8. The Morgan fingerprint density at radius 1 is 1.13 bits per heavy atom. The molecule has 23 heavy (non-hydrogen) atoms. The van der Waals surface area contributed by atoms with Crippen LogP contribution in [0, 0.1) is 5.92 Å². The number of nitrogens with zero attached hydrogens (tertiary/aromatic N) is 2. The number of alkyl halides is 1. The first-order valence-corrected chi connectivity index (χ1v) is 8.51. The molecule has 1 amide bonds. The molecule has 0 saturated heterocycles. The summed E-state index contributed by atoms with van der Waals surface area (Å²) in [4.78, 5) is 14.2. The molecule has 0 aliphatic carbocycles. The lowest BCUT2D eigenvalue weighted by Crippen LogP contribution is -2.38. The molecule has 4 heteroatoms. The SMILES string of the molecule is CC(C)CN(Cc1cccn1Cc1ccccc1)C(=O)[C@H](C)Cl. The van der Waals surface area contributed by atoms with Crippen molar-refractivity contribution in [3.8, 4) is 0 Å². The van der Waals surface area contributed by atoms with Crippen molar-refractivity contribution in [1.82, 2.24) is 9.47 Å². The van der Waals surface area contributed by atoms with Gasteiger partial charge in [0, 0.05) is 25.0 Å². The van der Waals surface area contributed by atoms with Crippen LogP contribution in [0.4, 0.5) is 0 Å². The fraction of sp³-hybridized carbons (Fsp3) is 0.421. The summed E-state index contributed by atoms with van der Waals surface area (Å²) >= 11 is 6.02. The van der Waals surface area contributed by atoms with Gasteiger partial charge in [0.1, 0.15) is 5.38 Å². The summed E-state index contributed by atoms with van der Waals surface area (Å²) in [6.07, 6.45) is 2.06. The van der Waals surface area contributed by atoms with Gasteiger partial charge in [-0.25, -0.2) is 0 Å². The first-order valence-electron chi connectivity index (χ1n) is 8.08. The van der Waals surface area contributed by atoms with Crippen molar-refractivity contribution in [1.29, 1.82) is 0 Å². The van der Waals surface area contributed by atoms with Gasteiger partial charge in [0.25, 0.3) is 0 Å². The van der Waals surface area contributed by atoms with Crippen LogP contribution in [0.3, 0.4) is 0 Å². The number of hydrogen-bond donors (Lipinski definition) is 0. The minimum atomic E-state index is -0.494. The van der Waals surface area contributed by atoms with Gasteiger partial charge in [-0.15, -0.1) is 11.6 Å². The Labute approximate surface area is 143 Å². The highest BCUT2D eigenvalue weighted by Gasteiger charge is 2.20. The molecular weight excluding hydrogens is 308 g/mol. The molecule has 0 aliphatic heterocycles. The van der Waals surface area contributed by atoms with Gasteiger partial charge in [0.05, 0.1) is 6.54 Å². The molecule has 1 aromatic heterocycles. The molecule has 1 atom stereocenters. The zero-order chi connectivity index (χ0) is 16.8. The molecule has 0 N–H and O–H groups in total. The second kappa shape index (κ2) is 8.21. The lowest BCUT2D eigenvalue weighted by molar-refractivity contribution is -0.131. The average molecular weight is 333 g/mol. The van der Waals surface area contributed by atoms with Gasteiger partial charge >= 0.3 is 0 Å². The zero-order valence-electron chi connectivity index (χ0n) is 14.1. The molecule has 124 valence electrons. The van der Waals surface area contributed by atoms with Gasteiger partial charge in [-0.2, -0.15) is 0 Å². The maximum Gasteiger partial charge on any atom is 0.240 e. The summed E-state index contributed by atoms with van der Waals surface area (Å²) in [6, 6.07) is 14.4. The molecular formula is C19H25ClN2O. The Bertz CT molecular complexity index is 619. The Morgan fingerprint density at radius 2 is 1.83 bits per heavy atom.